The van der Waals surface area contributed by atoms with Crippen molar-refractivity contribution < 1.29 is 9.15 Å². The zero-order valence-corrected chi connectivity index (χ0v) is 12.1. The number of nitrogens with one attached hydrogen (secondary N) is 1. The summed E-state index contributed by atoms with van der Waals surface area (Å²) in [6, 6.07) is 4.52. The van der Waals surface area contributed by atoms with Crippen molar-refractivity contribution in [2.45, 2.75) is 39.0 Å². The molecule has 1 heterocycles. The monoisotopic (exact) mass is 335 g/mol. The van der Waals surface area contributed by atoms with Crippen molar-refractivity contribution in [3.8, 4) is 0 Å². The molecule has 0 saturated heterocycles. The zero-order chi connectivity index (χ0) is 11.8. The number of hydrogen-bond donors (Lipinski definition) is 1. The molecule has 0 aliphatic heterocycles. The van der Waals surface area contributed by atoms with Crippen LogP contribution in [0.25, 0.3) is 0 Å². The molecule has 2 atom stereocenters. The summed E-state index contributed by atoms with van der Waals surface area (Å²) >= 11 is 2.18. The van der Waals surface area contributed by atoms with Crippen molar-refractivity contribution in [2.75, 3.05) is 7.11 Å². The first-order chi connectivity index (χ1) is 7.54. The van der Waals surface area contributed by atoms with Crippen molar-refractivity contribution in [3.63, 3.8) is 0 Å². The van der Waals surface area contributed by atoms with E-state index in [1.165, 1.54) is 0 Å². The first-order valence-corrected chi connectivity index (χ1v) is 6.62. The second kappa shape index (κ2) is 4.66. The van der Waals surface area contributed by atoms with E-state index in [1.807, 2.05) is 12.1 Å². The molecule has 1 aromatic rings. The lowest BCUT2D eigenvalue weighted by Crippen LogP contribution is -2.60. The van der Waals surface area contributed by atoms with E-state index in [0.29, 0.717) is 12.1 Å². The third kappa shape index (κ3) is 2.28. The average molecular weight is 335 g/mol. The molecule has 16 heavy (non-hydrogen) atoms. The molecule has 1 fully saturated rings. The summed E-state index contributed by atoms with van der Waals surface area (Å²) in [5, 5.41) is 3.53. The van der Waals surface area contributed by atoms with Gasteiger partial charge in [-0.1, -0.05) is 13.8 Å². The molecule has 3 nitrogen and oxygen atoms in total. The predicted molar refractivity (Wildman–Crippen MR) is 71.2 cm³/mol. The van der Waals surface area contributed by atoms with Gasteiger partial charge in [0.25, 0.3) is 0 Å². The maximum Gasteiger partial charge on any atom is 0.164 e. The van der Waals surface area contributed by atoms with Gasteiger partial charge >= 0.3 is 0 Å². The number of furan rings is 1. The minimum Gasteiger partial charge on any atom is -0.454 e. The van der Waals surface area contributed by atoms with Gasteiger partial charge < -0.3 is 14.5 Å². The standard InChI is InChI=1S/C12H18INO2/c1-12(2)9(6-10(12)15-3)14-7-8-4-5-11(13)16-8/h4-5,9-10,14H,6-7H2,1-3H3. The molecular weight excluding hydrogens is 317 g/mol. The van der Waals surface area contributed by atoms with Gasteiger partial charge in [-0.3, -0.25) is 0 Å². The predicted octanol–water partition coefficient (Wildman–Crippen LogP) is 2.79. The lowest BCUT2D eigenvalue weighted by molar-refractivity contribution is -0.0982. The van der Waals surface area contributed by atoms with Gasteiger partial charge in [-0.05, 0) is 41.1 Å². The van der Waals surface area contributed by atoms with Crippen LogP contribution in [-0.4, -0.2) is 19.3 Å². The highest BCUT2D eigenvalue weighted by Gasteiger charge is 2.48. The topological polar surface area (TPSA) is 34.4 Å². The van der Waals surface area contributed by atoms with Crippen molar-refractivity contribution in [1.82, 2.24) is 5.32 Å². The fourth-order valence-corrected chi connectivity index (χ4v) is 2.76. The Morgan fingerprint density at radius 3 is 2.81 bits per heavy atom. The minimum absolute atomic E-state index is 0.217. The van der Waals surface area contributed by atoms with Gasteiger partial charge in [-0.15, -0.1) is 0 Å². The summed E-state index contributed by atoms with van der Waals surface area (Å²) in [6.45, 7) is 5.29. The van der Waals surface area contributed by atoms with Crippen LogP contribution < -0.4 is 5.32 Å². The van der Waals surface area contributed by atoms with E-state index in [-0.39, 0.29) is 5.41 Å². The number of ether oxygens (including phenoxy) is 1. The quantitative estimate of drug-likeness (QED) is 0.860. The largest absolute Gasteiger partial charge is 0.454 e. The molecule has 1 saturated carbocycles. The van der Waals surface area contributed by atoms with Crippen LogP contribution in [0.5, 0.6) is 0 Å². The molecule has 2 unspecified atom stereocenters. The SMILES string of the molecule is COC1CC(NCc2ccc(I)o2)C1(C)C. The maximum absolute atomic E-state index is 5.52. The summed E-state index contributed by atoms with van der Waals surface area (Å²) in [5.41, 5.74) is 0.217. The highest BCUT2D eigenvalue weighted by molar-refractivity contribution is 14.1. The van der Waals surface area contributed by atoms with E-state index < -0.39 is 0 Å². The molecular formula is C12H18INO2. The lowest BCUT2D eigenvalue weighted by Gasteiger charge is -2.51. The van der Waals surface area contributed by atoms with Crippen molar-refractivity contribution in [2.24, 2.45) is 5.41 Å². The van der Waals surface area contributed by atoms with Crippen molar-refractivity contribution in [1.29, 1.82) is 0 Å². The third-order valence-corrected chi connectivity index (χ3v) is 4.19. The second-order valence-electron chi connectivity index (χ2n) is 4.92. The van der Waals surface area contributed by atoms with Gasteiger partial charge in [0.2, 0.25) is 0 Å². The van der Waals surface area contributed by atoms with Gasteiger partial charge in [-0.2, -0.15) is 0 Å². The van der Waals surface area contributed by atoms with Gasteiger partial charge in [0.05, 0.1) is 12.6 Å². The number of methoxy groups -OCH3 is 1. The van der Waals surface area contributed by atoms with E-state index in [4.69, 9.17) is 9.15 Å². The fourth-order valence-electron chi connectivity index (χ4n) is 2.30. The maximum atomic E-state index is 5.52. The Hall–Kier alpha value is -0.0700. The normalized spacial score (nSPS) is 27.8. The Morgan fingerprint density at radius 2 is 2.31 bits per heavy atom. The molecule has 2 rings (SSSR count). The fraction of sp³-hybridized carbons (Fsp3) is 0.667. The minimum atomic E-state index is 0.217. The Labute approximate surface area is 110 Å². The van der Waals surface area contributed by atoms with E-state index in [2.05, 4.69) is 41.8 Å². The molecule has 1 aromatic heterocycles. The summed E-state index contributed by atoms with van der Waals surface area (Å²) in [4.78, 5) is 0. The number of hydrogen-bond acceptors (Lipinski definition) is 3. The average Bonchev–Trinajstić information content (AvgIpc) is 2.63. The summed E-state index contributed by atoms with van der Waals surface area (Å²) in [6.07, 6.45) is 1.46. The van der Waals surface area contributed by atoms with Crippen LogP contribution in [0.1, 0.15) is 26.0 Å². The highest BCUT2D eigenvalue weighted by Crippen LogP contribution is 2.42. The van der Waals surface area contributed by atoms with Crippen LogP contribution >= 0.6 is 22.6 Å². The van der Waals surface area contributed by atoms with Gasteiger partial charge in [0, 0.05) is 18.6 Å². The van der Waals surface area contributed by atoms with Crippen molar-refractivity contribution in [3.05, 3.63) is 21.7 Å². The molecule has 90 valence electrons. The molecule has 1 aliphatic carbocycles. The molecule has 0 spiro atoms. The first-order valence-electron chi connectivity index (χ1n) is 5.54. The molecule has 0 radical (unpaired) electrons. The second-order valence-corrected chi connectivity index (χ2v) is 5.98. The zero-order valence-electron chi connectivity index (χ0n) is 9.92. The highest BCUT2D eigenvalue weighted by atomic mass is 127. The Morgan fingerprint density at radius 1 is 1.56 bits per heavy atom. The van der Waals surface area contributed by atoms with E-state index >= 15 is 0 Å². The van der Waals surface area contributed by atoms with Gasteiger partial charge in [0.1, 0.15) is 5.76 Å². The number of halogens is 1. The Kier molecular flexibility index (Phi) is 3.61. The Bertz CT molecular complexity index is 362. The smallest absolute Gasteiger partial charge is 0.164 e. The van der Waals surface area contributed by atoms with Crippen LogP contribution in [0.2, 0.25) is 0 Å². The molecule has 4 heteroatoms. The molecule has 1 aliphatic rings. The van der Waals surface area contributed by atoms with Gasteiger partial charge in [0.15, 0.2) is 3.77 Å². The molecule has 0 aromatic carbocycles. The molecule has 0 bridgehead atoms. The van der Waals surface area contributed by atoms with Crippen LogP contribution in [0, 0.1) is 9.18 Å². The van der Waals surface area contributed by atoms with Crippen LogP contribution in [-0.2, 0) is 11.3 Å². The van der Waals surface area contributed by atoms with E-state index in [0.717, 1.165) is 22.5 Å². The molecule has 0 amide bonds. The molecule has 1 N–H and O–H groups in total. The van der Waals surface area contributed by atoms with E-state index in [1.54, 1.807) is 7.11 Å². The van der Waals surface area contributed by atoms with Crippen LogP contribution in [0.3, 0.4) is 0 Å². The first kappa shape index (κ1) is 12.4. The summed E-state index contributed by atoms with van der Waals surface area (Å²) in [7, 11) is 1.79. The van der Waals surface area contributed by atoms with Crippen molar-refractivity contribution >= 4 is 22.6 Å². The third-order valence-electron chi connectivity index (χ3n) is 3.61. The van der Waals surface area contributed by atoms with Crippen LogP contribution in [0.4, 0.5) is 0 Å². The summed E-state index contributed by atoms with van der Waals surface area (Å²) in [5.74, 6) is 1.00. The van der Waals surface area contributed by atoms with E-state index in [9.17, 15) is 0 Å². The lowest BCUT2D eigenvalue weighted by atomic mass is 9.64. The Balaban J connectivity index is 1.84. The van der Waals surface area contributed by atoms with Crippen LogP contribution in [0.15, 0.2) is 16.5 Å². The van der Waals surface area contributed by atoms with Gasteiger partial charge in [-0.25, -0.2) is 0 Å². The number of rotatable bonds is 4. The summed E-state index contributed by atoms with van der Waals surface area (Å²) < 4.78 is 11.9.